The fourth-order valence-electron chi connectivity index (χ4n) is 2.29. The van der Waals surface area contributed by atoms with E-state index in [9.17, 15) is 14.9 Å². The van der Waals surface area contributed by atoms with E-state index in [-0.39, 0.29) is 17.3 Å². The minimum Gasteiger partial charge on any atom is -0.484 e. The molecule has 29 heavy (non-hydrogen) atoms. The monoisotopic (exact) mass is 477 g/mol. The standard InChI is InChI=1S/C19H13BrClN3O5/c20-13-2-1-3-14(9-13)28-11-19(25)23-22-10-15-5-7-18(29-15)12-4-6-16(21)17(8-12)24(26)27/h1-10H,11H2,(H,23,25). The highest BCUT2D eigenvalue weighted by molar-refractivity contribution is 9.10. The minimum atomic E-state index is -0.567. The molecule has 0 fully saturated rings. The van der Waals surface area contributed by atoms with Gasteiger partial charge in [-0.25, -0.2) is 5.43 Å². The van der Waals surface area contributed by atoms with Crippen LogP contribution in [0.1, 0.15) is 5.76 Å². The van der Waals surface area contributed by atoms with Crippen molar-refractivity contribution in [3.8, 4) is 17.1 Å². The van der Waals surface area contributed by atoms with Gasteiger partial charge in [-0.3, -0.25) is 14.9 Å². The summed E-state index contributed by atoms with van der Waals surface area (Å²) in [5.41, 5.74) is 2.60. The van der Waals surface area contributed by atoms with Gasteiger partial charge in [-0.2, -0.15) is 5.10 Å². The van der Waals surface area contributed by atoms with E-state index in [0.29, 0.717) is 22.8 Å². The van der Waals surface area contributed by atoms with Gasteiger partial charge in [-0.05, 0) is 42.5 Å². The molecule has 0 spiro atoms. The molecule has 1 aromatic heterocycles. The van der Waals surface area contributed by atoms with Crippen LogP contribution in [-0.2, 0) is 4.79 Å². The van der Waals surface area contributed by atoms with Crippen molar-refractivity contribution < 1.29 is 18.9 Å². The Labute approximate surface area is 178 Å². The van der Waals surface area contributed by atoms with Gasteiger partial charge in [0.05, 0.1) is 11.1 Å². The number of carbonyl (C=O) groups excluding carboxylic acids is 1. The average molecular weight is 479 g/mol. The van der Waals surface area contributed by atoms with Crippen LogP contribution in [0.2, 0.25) is 5.02 Å². The zero-order chi connectivity index (χ0) is 20.8. The van der Waals surface area contributed by atoms with Crippen LogP contribution < -0.4 is 10.2 Å². The zero-order valence-corrected chi connectivity index (χ0v) is 17.0. The number of nitrogens with one attached hydrogen (secondary N) is 1. The zero-order valence-electron chi connectivity index (χ0n) is 14.7. The van der Waals surface area contributed by atoms with Crippen molar-refractivity contribution in [2.75, 3.05) is 6.61 Å². The van der Waals surface area contributed by atoms with E-state index in [1.165, 1.54) is 18.3 Å². The number of hydrogen-bond donors (Lipinski definition) is 1. The molecule has 148 valence electrons. The van der Waals surface area contributed by atoms with Crippen molar-refractivity contribution in [1.29, 1.82) is 0 Å². The second kappa shape index (κ2) is 9.35. The SMILES string of the molecule is O=C(COc1cccc(Br)c1)NN=Cc1ccc(-c2ccc(Cl)c([N+](=O)[O-])c2)o1. The van der Waals surface area contributed by atoms with Crippen molar-refractivity contribution >= 4 is 45.3 Å². The van der Waals surface area contributed by atoms with E-state index >= 15 is 0 Å². The number of furan rings is 1. The van der Waals surface area contributed by atoms with Gasteiger partial charge in [0.15, 0.2) is 6.61 Å². The molecule has 0 aliphatic carbocycles. The highest BCUT2D eigenvalue weighted by atomic mass is 79.9. The van der Waals surface area contributed by atoms with Crippen LogP contribution >= 0.6 is 27.5 Å². The Kier molecular flexibility index (Phi) is 6.63. The number of rotatable bonds is 7. The quantitative estimate of drug-likeness (QED) is 0.298. The average Bonchev–Trinajstić information content (AvgIpc) is 3.15. The Morgan fingerprint density at radius 2 is 2.10 bits per heavy atom. The molecule has 0 bridgehead atoms. The number of carbonyl (C=O) groups is 1. The van der Waals surface area contributed by atoms with Crippen LogP contribution in [0.5, 0.6) is 5.75 Å². The van der Waals surface area contributed by atoms with Crippen LogP contribution in [0, 0.1) is 10.1 Å². The fourth-order valence-corrected chi connectivity index (χ4v) is 2.85. The molecule has 8 nitrogen and oxygen atoms in total. The summed E-state index contributed by atoms with van der Waals surface area (Å²) in [6.45, 7) is -0.203. The van der Waals surface area contributed by atoms with E-state index in [1.807, 2.05) is 6.07 Å². The van der Waals surface area contributed by atoms with Gasteiger partial charge in [0.1, 0.15) is 22.3 Å². The Balaban J connectivity index is 1.57. The third-order valence-corrected chi connectivity index (χ3v) is 4.41. The van der Waals surface area contributed by atoms with E-state index in [1.54, 1.807) is 36.4 Å². The van der Waals surface area contributed by atoms with Crippen LogP contribution in [0.15, 0.2) is 68.6 Å². The van der Waals surface area contributed by atoms with Gasteiger partial charge in [0.2, 0.25) is 0 Å². The van der Waals surface area contributed by atoms with Gasteiger partial charge < -0.3 is 9.15 Å². The first kappa shape index (κ1) is 20.6. The molecule has 1 heterocycles. The summed E-state index contributed by atoms with van der Waals surface area (Å²) >= 11 is 9.12. The van der Waals surface area contributed by atoms with Crippen LogP contribution in [-0.4, -0.2) is 23.7 Å². The molecular weight excluding hydrogens is 466 g/mol. The van der Waals surface area contributed by atoms with Gasteiger partial charge in [0, 0.05) is 16.1 Å². The summed E-state index contributed by atoms with van der Waals surface area (Å²) in [5.74, 6) is 0.855. The first-order chi connectivity index (χ1) is 13.9. The first-order valence-electron chi connectivity index (χ1n) is 8.17. The van der Waals surface area contributed by atoms with Crippen LogP contribution in [0.25, 0.3) is 11.3 Å². The maximum atomic E-state index is 11.8. The third-order valence-electron chi connectivity index (χ3n) is 3.60. The number of amides is 1. The molecule has 0 saturated carbocycles. The lowest BCUT2D eigenvalue weighted by Crippen LogP contribution is -2.24. The lowest BCUT2D eigenvalue weighted by molar-refractivity contribution is -0.384. The predicted octanol–water partition coefficient (Wildman–Crippen LogP) is 4.80. The Bertz CT molecular complexity index is 1080. The maximum Gasteiger partial charge on any atom is 0.288 e. The van der Waals surface area contributed by atoms with Crippen LogP contribution in [0.4, 0.5) is 5.69 Å². The number of nitrogens with zero attached hydrogens (tertiary/aromatic N) is 2. The van der Waals surface area contributed by atoms with Crippen molar-refractivity contribution in [3.63, 3.8) is 0 Å². The van der Waals surface area contributed by atoms with Gasteiger partial charge in [0.25, 0.3) is 11.6 Å². The molecule has 3 rings (SSSR count). The van der Waals surface area contributed by atoms with E-state index in [0.717, 1.165) is 4.47 Å². The second-order valence-corrected chi connectivity index (χ2v) is 6.99. The number of benzene rings is 2. The summed E-state index contributed by atoms with van der Waals surface area (Å²) in [6, 6.07) is 14.7. The Morgan fingerprint density at radius 3 is 2.86 bits per heavy atom. The van der Waals surface area contributed by atoms with Crippen molar-refractivity contribution in [1.82, 2.24) is 5.43 Å². The predicted molar refractivity (Wildman–Crippen MR) is 111 cm³/mol. The topological polar surface area (TPSA) is 107 Å². The number of ether oxygens (including phenoxy) is 1. The maximum absolute atomic E-state index is 11.8. The van der Waals surface area contributed by atoms with Gasteiger partial charge in [-0.15, -0.1) is 0 Å². The molecule has 0 aliphatic heterocycles. The van der Waals surface area contributed by atoms with Gasteiger partial charge >= 0.3 is 0 Å². The minimum absolute atomic E-state index is 0.0416. The molecule has 3 aromatic rings. The van der Waals surface area contributed by atoms with E-state index in [2.05, 4.69) is 26.5 Å². The van der Waals surface area contributed by atoms with E-state index < -0.39 is 10.8 Å². The summed E-state index contributed by atoms with van der Waals surface area (Å²) in [5, 5.41) is 14.8. The van der Waals surface area contributed by atoms with E-state index in [4.69, 9.17) is 20.8 Å². The molecule has 1 amide bonds. The molecule has 10 heteroatoms. The Hall–Kier alpha value is -3.17. The number of hydrazone groups is 1. The molecule has 0 radical (unpaired) electrons. The second-order valence-electron chi connectivity index (χ2n) is 5.66. The number of halogens is 2. The fraction of sp³-hybridized carbons (Fsp3) is 0.0526. The molecule has 0 aliphatic rings. The molecule has 1 N–H and O–H groups in total. The van der Waals surface area contributed by atoms with Crippen molar-refractivity contribution in [2.24, 2.45) is 5.10 Å². The van der Waals surface area contributed by atoms with Crippen molar-refractivity contribution in [3.05, 3.63) is 80.0 Å². The first-order valence-corrected chi connectivity index (χ1v) is 9.34. The normalized spacial score (nSPS) is 10.8. The largest absolute Gasteiger partial charge is 0.484 e. The molecule has 0 atom stereocenters. The molecule has 0 saturated heterocycles. The Morgan fingerprint density at radius 1 is 1.28 bits per heavy atom. The summed E-state index contributed by atoms with van der Waals surface area (Å²) in [7, 11) is 0. The number of hydrogen-bond acceptors (Lipinski definition) is 6. The summed E-state index contributed by atoms with van der Waals surface area (Å²) in [6.07, 6.45) is 1.31. The highest BCUT2D eigenvalue weighted by Crippen LogP contribution is 2.31. The molecule has 0 unspecified atom stereocenters. The third kappa shape index (κ3) is 5.66. The lowest BCUT2D eigenvalue weighted by Gasteiger charge is -2.04. The number of nitro benzene ring substituents is 1. The number of nitro groups is 1. The molecule has 2 aromatic carbocycles. The van der Waals surface area contributed by atoms with Crippen LogP contribution in [0.3, 0.4) is 0 Å². The highest BCUT2D eigenvalue weighted by Gasteiger charge is 2.15. The lowest BCUT2D eigenvalue weighted by atomic mass is 10.1. The smallest absolute Gasteiger partial charge is 0.288 e. The molecular formula is C19H13BrClN3O5. The summed E-state index contributed by atoms with van der Waals surface area (Å²) < 4.78 is 11.8. The van der Waals surface area contributed by atoms with Crippen molar-refractivity contribution in [2.45, 2.75) is 0 Å². The van der Waals surface area contributed by atoms with Gasteiger partial charge in [-0.1, -0.05) is 33.6 Å². The summed E-state index contributed by atoms with van der Waals surface area (Å²) in [4.78, 5) is 22.2.